The number of rotatable bonds is 3. The van der Waals surface area contributed by atoms with Crippen molar-refractivity contribution in [2.45, 2.75) is 24.0 Å². The van der Waals surface area contributed by atoms with Gasteiger partial charge in [0.1, 0.15) is 0 Å². The maximum absolute atomic E-state index is 11.5. The van der Waals surface area contributed by atoms with Crippen LogP contribution in [0, 0.1) is 0 Å². The van der Waals surface area contributed by atoms with E-state index in [-0.39, 0.29) is 6.61 Å². The minimum Gasteiger partial charge on any atom is -0.464 e. The Kier molecular flexibility index (Phi) is 4.32. The standard InChI is InChI=1S/C12H13BrO4S/c1-2-17-12(16)11(15)6-3-7-9(14)5-18-10(7)4-8(6)13/h3-4,9,11,14-15H,2,5H2,1H3. The first-order valence-electron chi connectivity index (χ1n) is 5.53. The number of aliphatic hydroxyl groups is 2. The third-order valence-electron chi connectivity index (χ3n) is 2.69. The summed E-state index contributed by atoms with van der Waals surface area (Å²) >= 11 is 4.88. The smallest absolute Gasteiger partial charge is 0.339 e. The molecule has 18 heavy (non-hydrogen) atoms. The van der Waals surface area contributed by atoms with Gasteiger partial charge in [-0.1, -0.05) is 15.9 Å². The van der Waals surface area contributed by atoms with Crippen molar-refractivity contribution < 1.29 is 19.7 Å². The van der Waals surface area contributed by atoms with Crippen LogP contribution in [0.25, 0.3) is 0 Å². The molecule has 2 atom stereocenters. The Morgan fingerprint density at radius 3 is 3.06 bits per heavy atom. The summed E-state index contributed by atoms with van der Waals surface area (Å²) in [5, 5.41) is 19.7. The number of carbonyl (C=O) groups excluding carboxylic acids is 1. The van der Waals surface area contributed by atoms with E-state index in [1.807, 2.05) is 6.07 Å². The van der Waals surface area contributed by atoms with E-state index >= 15 is 0 Å². The van der Waals surface area contributed by atoms with Gasteiger partial charge in [0.25, 0.3) is 0 Å². The Morgan fingerprint density at radius 1 is 1.67 bits per heavy atom. The van der Waals surface area contributed by atoms with Gasteiger partial charge in [-0.15, -0.1) is 11.8 Å². The highest BCUT2D eigenvalue weighted by Gasteiger charge is 2.27. The molecule has 0 bridgehead atoms. The van der Waals surface area contributed by atoms with E-state index in [1.54, 1.807) is 24.8 Å². The number of halogens is 1. The molecule has 2 rings (SSSR count). The van der Waals surface area contributed by atoms with E-state index in [0.29, 0.717) is 15.8 Å². The maximum atomic E-state index is 11.5. The number of ether oxygens (including phenoxy) is 1. The van der Waals surface area contributed by atoms with Gasteiger partial charge in [0.2, 0.25) is 0 Å². The van der Waals surface area contributed by atoms with Gasteiger partial charge < -0.3 is 14.9 Å². The highest BCUT2D eigenvalue weighted by atomic mass is 79.9. The molecule has 0 aromatic heterocycles. The first-order valence-corrected chi connectivity index (χ1v) is 7.31. The molecule has 2 unspecified atom stereocenters. The van der Waals surface area contributed by atoms with Gasteiger partial charge in [-0.3, -0.25) is 0 Å². The average molecular weight is 333 g/mol. The fraction of sp³-hybridized carbons (Fsp3) is 0.417. The number of aliphatic hydroxyl groups excluding tert-OH is 2. The summed E-state index contributed by atoms with van der Waals surface area (Å²) < 4.78 is 5.42. The monoisotopic (exact) mass is 332 g/mol. The van der Waals surface area contributed by atoms with Crippen LogP contribution in [0.5, 0.6) is 0 Å². The van der Waals surface area contributed by atoms with E-state index in [1.165, 1.54) is 0 Å². The largest absolute Gasteiger partial charge is 0.464 e. The molecule has 1 aromatic carbocycles. The molecule has 0 amide bonds. The number of fused-ring (bicyclic) bond motifs is 1. The molecule has 98 valence electrons. The maximum Gasteiger partial charge on any atom is 0.339 e. The lowest BCUT2D eigenvalue weighted by molar-refractivity contribution is -0.153. The average Bonchev–Trinajstić information content (AvgIpc) is 2.69. The molecule has 0 saturated carbocycles. The first-order chi connectivity index (χ1) is 8.54. The summed E-state index contributed by atoms with van der Waals surface area (Å²) in [6.45, 7) is 1.90. The fourth-order valence-electron chi connectivity index (χ4n) is 1.79. The zero-order chi connectivity index (χ0) is 13.3. The molecule has 0 spiro atoms. The second-order valence-electron chi connectivity index (χ2n) is 3.89. The van der Waals surface area contributed by atoms with Crippen LogP contribution in [-0.4, -0.2) is 28.5 Å². The van der Waals surface area contributed by atoms with E-state index in [2.05, 4.69) is 15.9 Å². The summed E-state index contributed by atoms with van der Waals surface area (Å²) in [5.41, 5.74) is 1.18. The number of carbonyl (C=O) groups is 1. The van der Waals surface area contributed by atoms with Gasteiger partial charge in [-0.25, -0.2) is 4.79 Å². The fourth-order valence-corrected chi connectivity index (χ4v) is 3.58. The van der Waals surface area contributed by atoms with Crippen molar-refractivity contribution >= 4 is 33.7 Å². The summed E-state index contributed by atoms with van der Waals surface area (Å²) in [7, 11) is 0. The molecule has 1 heterocycles. The van der Waals surface area contributed by atoms with Crippen LogP contribution >= 0.6 is 27.7 Å². The minimum atomic E-state index is -1.33. The predicted molar refractivity (Wildman–Crippen MR) is 71.4 cm³/mol. The molecule has 0 saturated heterocycles. The number of esters is 1. The van der Waals surface area contributed by atoms with Crippen molar-refractivity contribution in [1.29, 1.82) is 0 Å². The normalized spacial score (nSPS) is 19.4. The van der Waals surface area contributed by atoms with E-state index in [0.717, 1.165) is 10.5 Å². The Hall–Kier alpha value is -0.560. The van der Waals surface area contributed by atoms with Crippen LogP contribution in [-0.2, 0) is 9.53 Å². The van der Waals surface area contributed by atoms with Crippen LogP contribution < -0.4 is 0 Å². The number of hydrogen-bond donors (Lipinski definition) is 2. The lowest BCUT2D eigenvalue weighted by atomic mass is 10.0. The zero-order valence-corrected chi connectivity index (χ0v) is 12.1. The number of hydrogen-bond acceptors (Lipinski definition) is 5. The second kappa shape index (κ2) is 5.61. The Labute approximate surface area is 117 Å². The summed E-state index contributed by atoms with van der Waals surface area (Å²) in [5.74, 6) is -0.0842. The molecule has 2 N–H and O–H groups in total. The molecule has 1 aromatic rings. The second-order valence-corrected chi connectivity index (χ2v) is 5.81. The highest BCUT2D eigenvalue weighted by Crippen LogP contribution is 2.42. The van der Waals surface area contributed by atoms with Crippen LogP contribution in [0.3, 0.4) is 0 Å². The van der Waals surface area contributed by atoms with Crippen molar-refractivity contribution in [1.82, 2.24) is 0 Å². The molecule has 6 heteroatoms. The molecule has 0 aliphatic carbocycles. The van der Waals surface area contributed by atoms with Crippen LogP contribution in [0.2, 0.25) is 0 Å². The Morgan fingerprint density at radius 2 is 2.39 bits per heavy atom. The Balaban J connectivity index is 2.34. The van der Waals surface area contributed by atoms with Crippen molar-refractivity contribution in [3.05, 3.63) is 27.7 Å². The minimum absolute atomic E-state index is 0.219. The SMILES string of the molecule is CCOC(=O)C(O)c1cc2c(cc1Br)SCC2O. The van der Waals surface area contributed by atoms with Gasteiger partial charge in [-0.2, -0.15) is 0 Å². The topological polar surface area (TPSA) is 66.8 Å². The molecule has 0 radical (unpaired) electrons. The summed E-state index contributed by atoms with van der Waals surface area (Å²) in [4.78, 5) is 12.5. The third-order valence-corrected chi connectivity index (χ3v) is 4.52. The Bertz CT molecular complexity index is 477. The van der Waals surface area contributed by atoms with Crippen molar-refractivity contribution in [3.63, 3.8) is 0 Å². The lowest BCUT2D eigenvalue weighted by Gasteiger charge is -2.14. The van der Waals surface area contributed by atoms with Gasteiger partial charge in [0.15, 0.2) is 6.10 Å². The van der Waals surface area contributed by atoms with Gasteiger partial charge in [-0.05, 0) is 24.6 Å². The van der Waals surface area contributed by atoms with Crippen LogP contribution in [0.4, 0.5) is 0 Å². The van der Waals surface area contributed by atoms with Crippen molar-refractivity contribution in [2.75, 3.05) is 12.4 Å². The molecule has 1 aliphatic heterocycles. The predicted octanol–water partition coefficient (Wildman–Crippen LogP) is 2.18. The van der Waals surface area contributed by atoms with Crippen molar-refractivity contribution in [3.8, 4) is 0 Å². The van der Waals surface area contributed by atoms with E-state index in [9.17, 15) is 15.0 Å². The third kappa shape index (κ3) is 2.56. The van der Waals surface area contributed by atoms with Gasteiger partial charge in [0.05, 0.1) is 12.7 Å². The van der Waals surface area contributed by atoms with E-state index in [4.69, 9.17) is 4.74 Å². The molecular weight excluding hydrogens is 320 g/mol. The first kappa shape index (κ1) is 13.9. The molecule has 1 aliphatic rings. The zero-order valence-electron chi connectivity index (χ0n) is 9.72. The number of benzene rings is 1. The number of thioether (sulfide) groups is 1. The molecular formula is C12H13BrO4S. The summed E-state index contributed by atoms with van der Waals surface area (Å²) in [6, 6.07) is 3.47. The highest BCUT2D eigenvalue weighted by molar-refractivity contribution is 9.10. The summed E-state index contributed by atoms with van der Waals surface area (Å²) in [6.07, 6.45) is -1.88. The van der Waals surface area contributed by atoms with Crippen LogP contribution in [0.15, 0.2) is 21.5 Å². The molecule has 0 fully saturated rings. The van der Waals surface area contributed by atoms with Gasteiger partial charge in [0, 0.05) is 20.7 Å². The van der Waals surface area contributed by atoms with Crippen molar-refractivity contribution in [2.24, 2.45) is 0 Å². The van der Waals surface area contributed by atoms with E-state index < -0.39 is 18.2 Å². The van der Waals surface area contributed by atoms with Gasteiger partial charge >= 0.3 is 5.97 Å². The van der Waals surface area contributed by atoms with Crippen LogP contribution in [0.1, 0.15) is 30.3 Å². The molecule has 4 nitrogen and oxygen atoms in total. The quantitative estimate of drug-likeness (QED) is 0.830. The lowest BCUT2D eigenvalue weighted by Crippen LogP contribution is -2.16.